The minimum absolute atomic E-state index is 0.585. The molecule has 0 bridgehead atoms. The van der Waals surface area contributed by atoms with Gasteiger partial charge in [0, 0.05) is 0 Å². The van der Waals surface area contributed by atoms with Crippen LogP contribution in [-0.2, 0) is 12.8 Å². The molecule has 0 aliphatic carbocycles. The zero-order valence-electron chi connectivity index (χ0n) is 12.3. The second kappa shape index (κ2) is 7.28. The summed E-state index contributed by atoms with van der Waals surface area (Å²) in [6.07, 6.45) is 1.79. The third kappa shape index (κ3) is 3.86. The lowest BCUT2D eigenvalue weighted by molar-refractivity contribution is 0.338. The van der Waals surface area contributed by atoms with Gasteiger partial charge in [-0.2, -0.15) is 5.26 Å². The van der Waals surface area contributed by atoms with Gasteiger partial charge in [0.2, 0.25) is 0 Å². The van der Waals surface area contributed by atoms with E-state index in [4.69, 9.17) is 4.74 Å². The van der Waals surface area contributed by atoms with Gasteiger partial charge < -0.3 is 4.74 Å². The van der Waals surface area contributed by atoms with Crippen LogP contribution in [0.5, 0.6) is 5.75 Å². The molecule has 0 aliphatic rings. The van der Waals surface area contributed by atoms with Crippen LogP contribution in [0.1, 0.15) is 36.1 Å². The van der Waals surface area contributed by atoms with Crippen LogP contribution in [0.15, 0.2) is 40.9 Å². The monoisotopic (exact) mass is 343 g/mol. The number of hydrogen-bond acceptors (Lipinski definition) is 2. The van der Waals surface area contributed by atoms with Crippen molar-refractivity contribution in [2.24, 2.45) is 0 Å². The van der Waals surface area contributed by atoms with Crippen molar-refractivity contribution in [3.05, 3.63) is 63.1 Å². The van der Waals surface area contributed by atoms with Gasteiger partial charge in [-0.25, -0.2) is 0 Å². The molecule has 2 aromatic carbocycles. The number of aryl methyl sites for hydroxylation is 1. The molecule has 0 spiro atoms. The Kier molecular flexibility index (Phi) is 5.41. The summed E-state index contributed by atoms with van der Waals surface area (Å²) in [5.74, 6) is 0.721. The molecule has 0 aliphatic heterocycles. The standard InChI is InChI=1S/C18H18BrNO/c1-3-13-5-7-14(8-6-13)9-15-10-17(19)18(21-4-2)11-16(15)12-20/h5-8,10-11H,3-4,9H2,1-2H3. The molecule has 0 radical (unpaired) electrons. The lowest BCUT2D eigenvalue weighted by Crippen LogP contribution is -1.98. The van der Waals surface area contributed by atoms with E-state index in [1.165, 1.54) is 11.1 Å². The molecule has 0 saturated carbocycles. The predicted molar refractivity (Wildman–Crippen MR) is 88.7 cm³/mol. The fourth-order valence-electron chi connectivity index (χ4n) is 2.22. The average molecular weight is 344 g/mol. The van der Waals surface area contributed by atoms with Gasteiger partial charge in [0.15, 0.2) is 0 Å². The molecule has 0 amide bonds. The number of hydrogen-bond donors (Lipinski definition) is 0. The van der Waals surface area contributed by atoms with Crippen molar-refractivity contribution in [2.75, 3.05) is 6.61 Å². The first-order valence-electron chi connectivity index (χ1n) is 7.11. The molecule has 21 heavy (non-hydrogen) atoms. The topological polar surface area (TPSA) is 33.0 Å². The Morgan fingerprint density at radius 1 is 1.10 bits per heavy atom. The van der Waals surface area contributed by atoms with Gasteiger partial charge in [-0.15, -0.1) is 0 Å². The molecule has 0 aromatic heterocycles. The normalized spacial score (nSPS) is 10.2. The number of nitrogens with zero attached hydrogens (tertiary/aromatic N) is 1. The maximum absolute atomic E-state index is 9.34. The Balaban J connectivity index is 2.30. The van der Waals surface area contributed by atoms with Gasteiger partial charge in [-0.3, -0.25) is 0 Å². The summed E-state index contributed by atoms with van der Waals surface area (Å²) < 4.78 is 6.41. The summed E-state index contributed by atoms with van der Waals surface area (Å²) in [7, 11) is 0. The van der Waals surface area contributed by atoms with Crippen LogP contribution in [-0.4, -0.2) is 6.61 Å². The molecule has 2 aromatic rings. The molecule has 3 heteroatoms. The molecule has 2 nitrogen and oxygen atoms in total. The molecular weight excluding hydrogens is 326 g/mol. The number of nitriles is 1. The Morgan fingerprint density at radius 3 is 2.33 bits per heavy atom. The van der Waals surface area contributed by atoms with Crippen LogP contribution in [0.4, 0.5) is 0 Å². The summed E-state index contributed by atoms with van der Waals surface area (Å²) in [5, 5.41) is 9.34. The fraction of sp³-hybridized carbons (Fsp3) is 0.278. The van der Waals surface area contributed by atoms with Gasteiger partial charge in [0.05, 0.1) is 22.7 Å². The van der Waals surface area contributed by atoms with Crippen molar-refractivity contribution in [3.63, 3.8) is 0 Å². The van der Waals surface area contributed by atoms with Gasteiger partial charge in [-0.1, -0.05) is 31.2 Å². The van der Waals surface area contributed by atoms with E-state index in [1.54, 1.807) is 0 Å². The first kappa shape index (κ1) is 15.6. The first-order chi connectivity index (χ1) is 10.2. The van der Waals surface area contributed by atoms with E-state index in [0.717, 1.165) is 28.6 Å². The van der Waals surface area contributed by atoms with Crippen molar-refractivity contribution >= 4 is 15.9 Å². The highest BCUT2D eigenvalue weighted by molar-refractivity contribution is 9.10. The van der Waals surface area contributed by atoms with E-state index in [9.17, 15) is 5.26 Å². The quantitative estimate of drug-likeness (QED) is 0.775. The second-order valence-electron chi connectivity index (χ2n) is 4.83. The van der Waals surface area contributed by atoms with Crippen molar-refractivity contribution in [3.8, 4) is 11.8 Å². The van der Waals surface area contributed by atoms with Crippen molar-refractivity contribution < 1.29 is 4.74 Å². The van der Waals surface area contributed by atoms with E-state index in [0.29, 0.717) is 12.2 Å². The third-order valence-corrected chi connectivity index (χ3v) is 4.02. The Labute approximate surface area is 134 Å². The molecule has 0 unspecified atom stereocenters. The molecule has 0 heterocycles. The largest absolute Gasteiger partial charge is 0.493 e. The Bertz CT molecular complexity index is 656. The van der Waals surface area contributed by atoms with Gasteiger partial charge in [-0.05, 0) is 64.5 Å². The molecule has 0 N–H and O–H groups in total. The third-order valence-electron chi connectivity index (χ3n) is 3.40. The summed E-state index contributed by atoms with van der Waals surface area (Å²) >= 11 is 3.51. The zero-order chi connectivity index (χ0) is 15.2. The molecule has 0 fully saturated rings. The van der Waals surface area contributed by atoms with Crippen LogP contribution in [0, 0.1) is 11.3 Å². The maximum atomic E-state index is 9.34. The van der Waals surface area contributed by atoms with E-state index in [-0.39, 0.29) is 0 Å². The highest BCUT2D eigenvalue weighted by Gasteiger charge is 2.10. The lowest BCUT2D eigenvalue weighted by Gasteiger charge is -2.11. The van der Waals surface area contributed by atoms with Gasteiger partial charge in [0.25, 0.3) is 0 Å². The van der Waals surface area contributed by atoms with Crippen molar-refractivity contribution in [1.82, 2.24) is 0 Å². The zero-order valence-corrected chi connectivity index (χ0v) is 13.9. The number of rotatable bonds is 5. The molecule has 2 rings (SSSR count). The average Bonchev–Trinajstić information content (AvgIpc) is 2.51. The predicted octanol–water partition coefficient (Wildman–Crippen LogP) is 4.87. The second-order valence-corrected chi connectivity index (χ2v) is 5.69. The maximum Gasteiger partial charge on any atom is 0.134 e. The minimum Gasteiger partial charge on any atom is -0.493 e. The Morgan fingerprint density at radius 2 is 1.76 bits per heavy atom. The fourth-order valence-corrected chi connectivity index (χ4v) is 2.73. The van der Waals surface area contributed by atoms with E-state index < -0.39 is 0 Å². The Hall–Kier alpha value is -1.79. The van der Waals surface area contributed by atoms with E-state index in [2.05, 4.69) is 53.2 Å². The van der Waals surface area contributed by atoms with Gasteiger partial charge >= 0.3 is 0 Å². The van der Waals surface area contributed by atoms with Crippen LogP contribution in [0.3, 0.4) is 0 Å². The van der Waals surface area contributed by atoms with E-state index in [1.807, 2.05) is 19.1 Å². The highest BCUT2D eigenvalue weighted by Crippen LogP contribution is 2.30. The molecule has 0 atom stereocenters. The van der Waals surface area contributed by atoms with Crippen molar-refractivity contribution in [1.29, 1.82) is 5.26 Å². The molecular formula is C18H18BrNO. The smallest absolute Gasteiger partial charge is 0.134 e. The van der Waals surface area contributed by atoms with E-state index >= 15 is 0 Å². The summed E-state index contributed by atoms with van der Waals surface area (Å²) in [4.78, 5) is 0. The van der Waals surface area contributed by atoms with Crippen LogP contribution < -0.4 is 4.74 Å². The number of halogens is 1. The molecule has 108 valence electrons. The summed E-state index contributed by atoms with van der Waals surface area (Å²) in [6.45, 7) is 4.66. The molecule has 0 saturated heterocycles. The van der Waals surface area contributed by atoms with Crippen LogP contribution in [0.2, 0.25) is 0 Å². The lowest BCUT2D eigenvalue weighted by atomic mass is 9.99. The number of benzene rings is 2. The highest BCUT2D eigenvalue weighted by atomic mass is 79.9. The van der Waals surface area contributed by atoms with Gasteiger partial charge in [0.1, 0.15) is 5.75 Å². The van der Waals surface area contributed by atoms with Crippen molar-refractivity contribution in [2.45, 2.75) is 26.7 Å². The number of ether oxygens (including phenoxy) is 1. The van der Waals surface area contributed by atoms with Crippen LogP contribution in [0.25, 0.3) is 0 Å². The van der Waals surface area contributed by atoms with Crippen LogP contribution >= 0.6 is 15.9 Å². The first-order valence-corrected chi connectivity index (χ1v) is 7.90. The SMILES string of the molecule is CCOc1cc(C#N)c(Cc2ccc(CC)cc2)cc1Br. The minimum atomic E-state index is 0.585. The summed E-state index contributed by atoms with van der Waals surface area (Å²) in [5.41, 5.74) is 4.21. The summed E-state index contributed by atoms with van der Waals surface area (Å²) in [6, 6.07) is 14.6.